The van der Waals surface area contributed by atoms with Crippen molar-refractivity contribution in [2.75, 3.05) is 13.1 Å². The van der Waals surface area contributed by atoms with E-state index in [9.17, 15) is 5.11 Å². The van der Waals surface area contributed by atoms with Crippen LogP contribution in [0.5, 0.6) is 0 Å². The molecule has 1 unspecified atom stereocenters. The lowest BCUT2D eigenvalue weighted by molar-refractivity contribution is 0.0284. The van der Waals surface area contributed by atoms with Crippen LogP contribution in [0.2, 0.25) is 0 Å². The van der Waals surface area contributed by atoms with Gasteiger partial charge in [0.25, 0.3) is 0 Å². The average Bonchev–Trinajstić information content (AvgIpc) is 2.43. The van der Waals surface area contributed by atoms with Crippen molar-refractivity contribution in [1.29, 1.82) is 0 Å². The summed E-state index contributed by atoms with van der Waals surface area (Å²) in [7, 11) is 0. The summed E-state index contributed by atoms with van der Waals surface area (Å²) >= 11 is 3.40. The van der Waals surface area contributed by atoms with Gasteiger partial charge in [-0.3, -0.25) is 4.98 Å². The van der Waals surface area contributed by atoms with Crippen LogP contribution in [0, 0.1) is 0 Å². The summed E-state index contributed by atoms with van der Waals surface area (Å²) in [6.45, 7) is 1.91. The Morgan fingerprint density at radius 1 is 1.38 bits per heavy atom. The number of pyridine rings is 1. The molecule has 2 N–H and O–H groups in total. The van der Waals surface area contributed by atoms with Crippen LogP contribution in [-0.4, -0.2) is 28.8 Å². The molecule has 2 heterocycles. The molecule has 0 aliphatic carbocycles. The van der Waals surface area contributed by atoms with Crippen LogP contribution in [0.3, 0.4) is 0 Å². The zero-order valence-corrected chi connectivity index (χ0v) is 10.8. The molecule has 0 radical (unpaired) electrons. The summed E-state index contributed by atoms with van der Waals surface area (Å²) in [5.41, 5.74) is 0.533. The van der Waals surface area contributed by atoms with E-state index in [1.54, 1.807) is 6.20 Å². The molecule has 1 atom stereocenters. The molecule has 1 saturated heterocycles. The number of rotatable bonds is 2. The van der Waals surface area contributed by atoms with Crippen LogP contribution in [0.1, 0.15) is 24.8 Å². The van der Waals surface area contributed by atoms with E-state index in [0.29, 0.717) is 6.42 Å². The molecule has 16 heavy (non-hydrogen) atoms. The first-order chi connectivity index (χ1) is 7.68. The van der Waals surface area contributed by atoms with E-state index in [1.807, 2.05) is 12.3 Å². The fourth-order valence-electron chi connectivity index (χ4n) is 2.22. The average molecular weight is 285 g/mol. The second kappa shape index (κ2) is 5.25. The van der Waals surface area contributed by atoms with Crippen molar-refractivity contribution in [3.05, 3.63) is 28.5 Å². The number of nitrogens with one attached hydrogen (secondary N) is 1. The largest absolute Gasteiger partial charge is 0.389 e. The van der Waals surface area contributed by atoms with Crippen LogP contribution >= 0.6 is 15.9 Å². The molecule has 0 amide bonds. The highest BCUT2D eigenvalue weighted by atomic mass is 79.9. The number of halogens is 1. The molecule has 1 aromatic rings. The first-order valence-electron chi connectivity index (χ1n) is 5.71. The van der Waals surface area contributed by atoms with Gasteiger partial charge < -0.3 is 10.4 Å². The predicted octanol–water partition coefficient (Wildman–Crippen LogP) is 1.89. The van der Waals surface area contributed by atoms with Gasteiger partial charge in [-0.05, 0) is 59.9 Å². The van der Waals surface area contributed by atoms with E-state index in [2.05, 4.69) is 26.2 Å². The van der Waals surface area contributed by atoms with E-state index < -0.39 is 5.60 Å². The normalized spacial score (nSPS) is 26.4. The maximum Gasteiger partial charge on any atom is 0.0701 e. The van der Waals surface area contributed by atoms with Crippen molar-refractivity contribution >= 4 is 15.9 Å². The van der Waals surface area contributed by atoms with Gasteiger partial charge in [0.15, 0.2) is 0 Å². The number of hydrogen-bond acceptors (Lipinski definition) is 3. The van der Waals surface area contributed by atoms with Crippen LogP contribution in [0.15, 0.2) is 22.9 Å². The third-order valence-corrected chi connectivity index (χ3v) is 3.49. The van der Waals surface area contributed by atoms with Crippen molar-refractivity contribution in [3.8, 4) is 0 Å². The zero-order chi connectivity index (χ0) is 11.4. The van der Waals surface area contributed by atoms with Crippen molar-refractivity contribution in [1.82, 2.24) is 10.3 Å². The summed E-state index contributed by atoms with van der Waals surface area (Å²) in [4.78, 5) is 4.13. The minimum absolute atomic E-state index is 0.564. The highest BCUT2D eigenvalue weighted by molar-refractivity contribution is 9.10. The van der Waals surface area contributed by atoms with E-state index in [4.69, 9.17) is 0 Å². The summed E-state index contributed by atoms with van der Waals surface area (Å²) in [5, 5.41) is 13.8. The lowest BCUT2D eigenvalue weighted by Gasteiger charge is -2.26. The van der Waals surface area contributed by atoms with Gasteiger partial charge in [-0.1, -0.05) is 0 Å². The van der Waals surface area contributed by atoms with Gasteiger partial charge in [0.2, 0.25) is 0 Å². The van der Waals surface area contributed by atoms with Crippen LogP contribution in [0.25, 0.3) is 0 Å². The van der Waals surface area contributed by atoms with E-state index in [0.717, 1.165) is 42.4 Å². The summed E-state index contributed by atoms with van der Waals surface area (Å²) in [6.07, 6.45) is 7.02. The van der Waals surface area contributed by atoms with Gasteiger partial charge in [-0.2, -0.15) is 0 Å². The van der Waals surface area contributed by atoms with Gasteiger partial charge in [0, 0.05) is 23.3 Å². The predicted molar refractivity (Wildman–Crippen MR) is 67.3 cm³/mol. The Balaban J connectivity index is 2.06. The maximum absolute atomic E-state index is 10.5. The molecular weight excluding hydrogens is 268 g/mol. The summed E-state index contributed by atoms with van der Waals surface area (Å²) < 4.78 is 0.973. The Bertz CT molecular complexity index is 349. The molecule has 88 valence electrons. The first-order valence-corrected chi connectivity index (χ1v) is 6.50. The molecule has 0 aromatic carbocycles. The maximum atomic E-state index is 10.5. The Morgan fingerprint density at radius 3 is 3.06 bits per heavy atom. The molecule has 3 nitrogen and oxygen atoms in total. The number of aliphatic hydroxyl groups is 1. The van der Waals surface area contributed by atoms with Crippen molar-refractivity contribution in [2.45, 2.75) is 31.3 Å². The third-order valence-electron chi connectivity index (χ3n) is 3.06. The Morgan fingerprint density at radius 2 is 2.25 bits per heavy atom. The topological polar surface area (TPSA) is 45.2 Å². The molecule has 0 saturated carbocycles. The summed E-state index contributed by atoms with van der Waals surface area (Å²) in [5.74, 6) is 0. The fourth-order valence-corrected chi connectivity index (χ4v) is 2.64. The molecule has 0 spiro atoms. The van der Waals surface area contributed by atoms with Crippen LogP contribution in [0.4, 0.5) is 0 Å². The zero-order valence-electron chi connectivity index (χ0n) is 9.25. The Labute approximate surface area is 104 Å². The molecule has 4 heteroatoms. The van der Waals surface area contributed by atoms with E-state index in [1.165, 1.54) is 0 Å². The SMILES string of the molecule is OC1(Cc2cncc(Br)c2)CCCNCC1. The Hall–Kier alpha value is -0.450. The lowest BCUT2D eigenvalue weighted by Crippen LogP contribution is -2.32. The highest BCUT2D eigenvalue weighted by Gasteiger charge is 2.28. The van der Waals surface area contributed by atoms with Crippen molar-refractivity contribution in [3.63, 3.8) is 0 Å². The van der Waals surface area contributed by atoms with Crippen molar-refractivity contribution < 1.29 is 5.11 Å². The second-order valence-electron chi connectivity index (χ2n) is 4.52. The van der Waals surface area contributed by atoms with Crippen molar-refractivity contribution in [2.24, 2.45) is 0 Å². The second-order valence-corrected chi connectivity index (χ2v) is 5.43. The highest BCUT2D eigenvalue weighted by Crippen LogP contribution is 2.25. The molecule has 1 aliphatic heterocycles. The molecule has 0 bridgehead atoms. The van der Waals surface area contributed by atoms with E-state index >= 15 is 0 Å². The van der Waals surface area contributed by atoms with Crippen LogP contribution < -0.4 is 5.32 Å². The number of aromatic nitrogens is 1. The molecule has 1 fully saturated rings. The van der Waals surface area contributed by atoms with Gasteiger partial charge in [-0.25, -0.2) is 0 Å². The number of hydrogen-bond donors (Lipinski definition) is 2. The molecule has 2 rings (SSSR count). The minimum Gasteiger partial charge on any atom is -0.389 e. The quantitative estimate of drug-likeness (QED) is 0.872. The van der Waals surface area contributed by atoms with Crippen LogP contribution in [-0.2, 0) is 6.42 Å². The Kier molecular flexibility index (Phi) is 3.95. The monoisotopic (exact) mass is 284 g/mol. The lowest BCUT2D eigenvalue weighted by atomic mass is 9.88. The molecular formula is C12H17BrN2O. The standard InChI is InChI=1S/C12H17BrN2O/c13-11-6-10(8-15-9-11)7-12(16)2-1-4-14-5-3-12/h6,8-9,14,16H,1-5,7H2. The first kappa shape index (κ1) is 12.0. The van der Waals surface area contributed by atoms with E-state index in [-0.39, 0.29) is 0 Å². The smallest absolute Gasteiger partial charge is 0.0701 e. The van der Waals surface area contributed by atoms with Gasteiger partial charge in [-0.15, -0.1) is 0 Å². The number of nitrogens with zero attached hydrogens (tertiary/aromatic N) is 1. The third kappa shape index (κ3) is 3.27. The van der Waals surface area contributed by atoms with Gasteiger partial charge in [0.1, 0.15) is 0 Å². The fraction of sp³-hybridized carbons (Fsp3) is 0.583. The van der Waals surface area contributed by atoms with Gasteiger partial charge >= 0.3 is 0 Å². The summed E-state index contributed by atoms with van der Waals surface area (Å²) in [6, 6.07) is 2.03. The van der Waals surface area contributed by atoms with Gasteiger partial charge in [0.05, 0.1) is 5.60 Å². The molecule has 1 aliphatic rings. The minimum atomic E-state index is -0.564. The molecule has 1 aromatic heterocycles.